The van der Waals surface area contributed by atoms with Crippen LogP contribution in [0.2, 0.25) is 0 Å². The quantitative estimate of drug-likeness (QED) is 0.336. The van der Waals surface area contributed by atoms with Gasteiger partial charge in [0.1, 0.15) is 29.1 Å². The first-order valence-corrected chi connectivity index (χ1v) is 18.8. The average molecular weight is 725 g/mol. The summed E-state index contributed by atoms with van der Waals surface area (Å²) in [5.41, 5.74) is 0.529. The Balaban J connectivity index is 0.000000128. The van der Waals surface area contributed by atoms with Crippen molar-refractivity contribution >= 4 is 34.6 Å². The predicted octanol–water partition coefficient (Wildman–Crippen LogP) is 5.03. The fourth-order valence-electron chi connectivity index (χ4n) is 10.0. The van der Waals surface area contributed by atoms with E-state index < -0.39 is 17.7 Å². The first-order chi connectivity index (χ1) is 24.5. The SMILES string of the molecule is O=C(Cl)C1CC1.O=C(O[C@@H]1[C@H]2C[C@@H]3C[C@H](C2)[C@@H]1N(C(=O)c1ccc(F)cn1)C3)C1CC1.O=C(c1ccc(F)cn1)N1C[C@@H]2C[C@H]3C[C@@H](C2)[C@H]1[C@@H]3O. The number of amides is 2. The number of ether oxygens (including phenoxy) is 1. The van der Waals surface area contributed by atoms with Crippen molar-refractivity contribution in [1.29, 1.82) is 0 Å². The van der Waals surface area contributed by atoms with E-state index in [0.29, 0.717) is 48.6 Å². The van der Waals surface area contributed by atoms with E-state index in [9.17, 15) is 33.1 Å². The van der Waals surface area contributed by atoms with Crippen LogP contribution in [0.25, 0.3) is 0 Å². The maximum atomic E-state index is 13.1. The monoisotopic (exact) mass is 724 g/mol. The van der Waals surface area contributed by atoms with Gasteiger partial charge in [0.15, 0.2) is 0 Å². The van der Waals surface area contributed by atoms with Crippen molar-refractivity contribution in [3.8, 4) is 0 Å². The van der Waals surface area contributed by atoms with Gasteiger partial charge in [-0.15, -0.1) is 0 Å². The second kappa shape index (κ2) is 13.8. The number of piperidine rings is 2. The standard InChI is InChI=1S/C19H21FN2O3.C15H17FN2O2.C4H5ClO/c20-14-3-4-15(21-8-14)18(23)22-9-10-5-12-7-13(6-10)17(16(12)22)25-19(24)11-1-2-11;16-11-1-2-12(17-6-11)15(20)18-7-8-3-9-5-10(4-8)14(19)13(9)18;5-4(6)3-1-2-3/h3-4,8,10-13,16-17H,1-2,5-7,9H2;1-2,6,8-10,13-14,19H,3-5,7H2;3H,1-2H2/t10-,12+,13-,16-,17+;8-,9+,10-,13-,14+;/m00./s1. The number of aromatic nitrogens is 2. The third-order valence-electron chi connectivity index (χ3n) is 12.5. The molecule has 6 bridgehead atoms. The number of esters is 1. The van der Waals surface area contributed by atoms with E-state index in [-0.39, 0.29) is 64.4 Å². The first-order valence-electron chi connectivity index (χ1n) is 18.5. The van der Waals surface area contributed by atoms with Crippen LogP contribution in [0.15, 0.2) is 36.7 Å². The zero-order valence-electron chi connectivity index (χ0n) is 28.3. The van der Waals surface area contributed by atoms with Crippen LogP contribution in [0.4, 0.5) is 8.78 Å². The van der Waals surface area contributed by atoms with Gasteiger partial charge in [0, 0.05) is 19.0 Å². The number of pyridine rings is 2. The van der Waals surface area contributed by atoms with E-state index in [2.05, 4.69) is 9.97 Å². The molecule has 2 amide bonds. The van der Waals surface area contributed by atoms with E-state index in [1.165, 1.54) is 24.3 Å². The number of carbonyl (C=O) groups excluding carboxylic acids is 4. The Morgan fingerprint density at radius 3 is 1.67 bits per heavy atom. The zero-order chi connectivity index (χ0) is 35.6. The van der Waals surface area contributed by atoms with Crippen molar-refractivity contribution in [2.24, 2.45) is 47.3 Å². The van der Waals surface area contributed by atoms with Gasteiger partial charge in [-0.3, -0.25) is 19.2 Å². The zero-order valence-corrected chi connectivity index (χ0v) is 29.0. The number of halogens is 3. The van der Waals surface area contributed by atoms with Crippen molar-refractivity contribution in [3.05, 3.63) is 59.7 Å². The van der Waals surface area contributed by atoms with Gasteiger partial charge in [0.25, 0.3) is 11.8 Å². The molecule has 8 aliphatic rings. The molecule has 0 unspecified atom stereocenters. The van der Waals surface area contributed by atoms with Crippen molar-refractivity contribution in [2.45, 2.75) is 88.5 Å². The smallest absolute Gasteiger partial charge is 0.309 e. The molecule has 272 valence electrons. The third-order valence-corrected chi connectivity index (χ3v) is 12.8. The summed E-state index contributed by atoms with van der Waals surface area (Å²) in [7, 11) is 0. The normalized spacial score (nSPS) is 35.0. The van der Waals surface area contributed by atoms with Crippen LogP contribution < -0.4 is 0 Å². The molecule has 0 aromatic carbocycles. The highest BCUT2D eigenvalue weighted by atomic mass is 35.5. The maximum Gasteiger partial charge on any atom is 0.309 e. The summed E-state index contributed by atoms with van der Waals surface area (Å²) in [5.74, 6) is 1.48. The fourth-order valence-corrected chi connectivity index (χ4v) is 10.2. The van der Waals surface area contributed by atoms with Gasteiger partial charge in [0.05, 0.1) is 36.5 Å². The van der Waals surface area contributed by atoms with Gasteiger partial charge in [-0.2, -0.15) is 0 Å². The fraction of sp³-hybridized carbons (Fsp3) is 0.632. The molecule has 2 aromatic rings. The number of likely N-dealkylation sites (tertiary alicyclic amines) is 2. The van der Waals surface area contributed by atoms with Crippen LogP contribution in [0.1, 0.15) is 85.2 Å². The highest BCUT2D eigenvalue weighted by Crippen LogP contribution is 2.53. The van der Waals surface area contributed by atoms with Gasteiger partial charge in [-0.05, 0) is 136 Å². The second-order valence-electron chi connectivity index (χ2n) is 16.1. The van der Waals surface area contributed by atoms with Crippen molar-refractivity contribution < 1.29 is 37.8 Å². The Hall–Kier alpha value is -3.51. The minimum absolute atomic E-state index is 0.0502. The van der Waals surface area contributed by atoms with Crippen molar-refractivity contribution in [1.82, 2.24) is 19.8 Å². The minimum Gasteiger partial charge on any atom is -0.460 e. The van der Waals surface area contributed by atoms with Crippen LogP contribution in [0.3, 0.4) is 0 Å². The minimum atomic E-state index is -0.451. The molecule has 51 heavy (non-hydrogen) atoms. The van der Waals surface area contributed by atoms with Crippen LogP contribution >= 0.6 is 11.6 Å². The number of aliphatic hydroxyl groups excluding tert-OH is 1. The molecule has 8 fully saturated rings. The van der Waals surface area contributed by atoms with E-state index in [1.807, 2.05) is 4.90 Å². The van der Waals surface area contributed by atoms with Crippen molar-refractivity contribution in [3.63, 3.8) is 0 Å². The van der Waals surface area contributed by atoms with Gasteiger partial charge < -0.3 is 19.6 Å². The summed E-state index contributed by atoms with van der Waals surface area (Å²) >= 11 is 5.04. The Morgan fingerprint density at radius 1 is 0.686 bits per heavy atom. The molecular weight excluding hydrogens is 682 g/mol. The number of nitrogens with zero attached hydrogens (tertiary/aromatic N) is 4. The van der Waals surface area contributed by atoms with Crippen LogP contribution in [-0.2, 0) is 14.3 Å². The average Bonchev–Trinajstić information content (AvgIpc) is 4.04. The maximum absolute atomic E-state index is 13.1. The van der Waals surface area contributed by atoms with Crippen molar-refractivity contribution in [2.75, 3.05) is 13.1 Å². The molecule has 2 aliphatic heterocycles. The summed E-state index contributed by atoms with van der Waals surface area (Å²) in [5, 5.41) is 10.3. The van der Waals surface area contributed by atoms with Gasteiger partial charge in [0.2, 0.25) is 5.24 Å². The Bertz CT molecular complexity index is 1670. The number of aliphatic hydroxyl groups is 1. The van der Waals surface area contributed by atoms with Crippen LogP contribution in [-0.4, -0.2) is 85.3 Å². The molecular formula is C38H43ClF2N4O6. The lowest BCUT2D eigenvalue weighted by molar-refractivity contribution is -0.154. The third kappa shape index (κ3) is 7.02. The molecule has 1 N–H and O–H groups in total. The van der Waals surface area contributed by atoms with Crippen LogP contribution in [0, 0.1) is 59.0 Å². The van der Waals surface area contributed by atoms with Crippen LogP contribution in [0.5, 0.6) is 0 Å². The number of hydrogen-bond acceptors (Lipinski definition) is 8. The van der Waals surface area contributed by atoms with E-state index >= 15 is 0 Å². The topological polar surface area (TPSA) is 130 Å². The molecule has 2 saturated heterocycles. The lowest BCUT2D eigenvalue weighted by atomic mass is 9.78. The molecule has 0 radical (unpaired) electrons. The predicted molar refractivity (Wildman–Crippen MR) is 179 cm³/mol. The molecule has 10 atom stereocenters. The highest BCUT2D eigenvalue weighted by Gasteiger charge is 2.58. The summed E-state index contributed by atoms with van der Waals surface area (Å²) in [6.07, 6.45) is 11.8. The summed E-state index contributed by atoms with van der Waals surface area (Å²) in [6, 6.07) is 5.26. The number of fused-ring (bicyclic) bond motifs is 4. The highest BCUT2D eigenvalue weighted by molar-refractivity contribution is 6.64. The Labute approximate surface area is 300 Å². The van der Waals surface area contributed by atoms with Gasteiger partial charge >= 0.3 is 5.97 Å². The number of hydrogen-bond donors (Lipinski definition) is 1. The van der Waals surface area contributed by atoms with Gasteiger partial charge in [-0.25, -0.2) is 18.7 Å². The lowest BCUT2D eigenvalue weighted by Gasteiger charge is -2.42. The van der Waals surface area contributed by atoms with E-state index in [0.717, 1.165) is 76.6 Å². The van der Waals surface area contributed by atoms with Gasteiger partial charge in [-0.1, -0.05) is 0 Å². The number of carbonyl (C=O) groups is 4. The molecule has 0 spiro atoms. The molecule has 10 nitrogen and oxygen atoms in total. The summed E-state index contributed by atoms with van der Waals surface area (Å²) in [6.45, 7) is 1.39. The Kier molecular flexibility index (Phi) is 9.35. The van der Waals surface area contributed by atoms with E-state index in [1.54, 1.807) is 4.90 Å². The summed E-state index contributed by atoms with van der Waals surface area (Å²) < 4.78 is 31.9. The second-order valence-corrected chi connectivity index (χ2v) is 16.4. The molecule has 6 saturated carbocycles. The molecule has 2 aromatic heterocycles. The Morgan fingerprint density at radius 2 is 1.18 bits per heavy atom. The summed E-state index contributed by atoms with van der Waals surface area (Å²) in [4.78, 5) is 59.3. The van der Waals surface area contributed by atoms with E-state index in [4.69, 9.17) is 16.3 Å². The lowest BCUT2D eigenvalue weighted by Crippen LogP contribution is -2.53. The molecule has 4 heterocycles. The first kappa shape index (κ1) is 34.6. The molecule has 13 heteroatoms. The largest absolute Gasteiger partial charge is 0.460 e. The number of rotatable bonds is 5. The molecule has 6 aliphatic carbocycles. The molecule has 10 rings (SSSR count).